The van der Waals surface area contributed by atoms with Gasteiger partial charge in [0.1, 0.15) is 17.4 Å². The summed E-state index contributed by atoms with van der Waals surface area (Å²) in [5.41, 5.74) is 5.79. The van der Waals surface area contributed by atoms with E-state index in [-0.39, 0.29) is 34.0 Å². The summed E-state index contributed by atoms with van der Waals surface area (Å²) in [4.78, 5) is 24.2. The van der Waals surface area contributed by atoms with Crippen LogP contribution in [0, 0.1) is 17.1 Å². The van der Waals surface area contributed by atoms with Gasteiger partial charge < -0.3 is 20.1 Å². The molecular formula is C21H16FN3O4. The van der Waals surface area contributed by atoms with Gasteiger partial charge in [-0.3, -0.25) is 4.79 Å². The zero-order valence-corrected chi connectivity index (χ0v) is 15.4. The SMILES string of the molecule is COc1c(-c2ccc(N)c(C#N)c2)c(F)cc2c(=O)c(C(=O)O)cn(C3CC3)c12. The van der Waals surface area contributed by atoms with Crippen molar-refractivity contribution in [2.24, 2.45) is 0 Å². The molecule has 1 heterocycles. The molecule has 0 amide bonds. The summed E-state index contributed by atoms with van der Waals surface area (Å²) in [5, 5.41) is 18.6. The zero-order valence-electron chi connectivity index (χ0n) is 15.4. The number of nitrogens with zero attached hydrogens (tertiary/aromatic N) is 2. The van der Waals surface area contributed by atoms with Gasteiger partial charge in [0.25, 0.3) is 0 Å². The Bertz CT molecular complexity index is 1290. The molecule has 2 aromatic carbocycles. The van der Waals surface area contributed by atoms with Crippen LogP contribution < -0.4 is 15.9 Å². The maximum Gasteiger partial charge on any atom is 0.341 e. The van der Waals surface area contributed by atoms with Gasteiger partial charge in [-0.1, -0.05) is 6.07 Å². The van der Waals surface area contributed by atoms with Crippen LogP contribution in [0.1, 0.15) is 34.8 Å². The summed E-state index contributed by atoms with van der Waals surface area (Å²) in [6.45, 7) is 0. The largest absolute Gasteiger partial charge is 0.494 e. The average molecular weight is 393 g/mol. The number of rotatable bonds is 4. The van der Waals surface area contributed by atoms with Crippen molar-refractivity contribution in [3.8, 4) is 22.9 Å². The number of carbonyl (C=O) groups is 1. The highest BCUT2D eigenvalue weighted by Gasteiger charge is 2.30. The fraction of sp³-hybridized carbons (Fsp3) is 0.190. The molecule has 1 fully saturated rings. The van der Waals surface area contributed by atoms with Crippen LogP contribution in [0.5, 0.6) is 5.75 Å². The van der Waals surface area contributed by atoms with Crippen LogP contribution in [0.4, 0.5) is 10.1 Å². The van der Waals surface area contributed by atoms with Gasteiger partial charge in [0.15, 0.2) is 5.75 Å². The quantitative estimate of drug-likeness (QED) is 0.657. The summed E-state index contributed by atoms with van der Waals surface area (Å²) >= 11 is 0. The van der Waals surface area contributed by atoms with Gasteiger partial charge in [0.05, 0.1) is 29.1 Å². The molecule has 1 saturated carbocycles. The molecule has 1 aromatic heterocycles. The average Bonchev–Trinajstić information content (AvgIpc) is 3.53. The number of pyridine rings is 1. The van der Waals surface area contributed by atoms with E-state index in [0.717, 1.165) is 18.9 Å². The van der Waals surface area contributed by atoms with Crippen LogP contribution in [0.25, 0.3) is 22.0 Å². The first-order valence-corrected chi connectivity index (χ1v) is 8.86. The number of aromatic carboxylic acids is 1. The number of benzene rings is 2. The lowest BCUT2D eigenvalue weighted by Crippen LogP contribution is -2.19. The van der Waals surface area contributed by atoms with Crippen LogP contribution in [0.15, 0.2) is 35.3 Å². The first-order valence-electron chi connectivity index (χ1n) is 8.86. The molecule has 3 aromatic rings. The van der Waals surface area contributed by atoms with Gasteiger partial charge >= 0.3 is 5.97 Å². The maximum absolute atomic E-state index is 15.2. The third-order valence-electron chi connectivity index (χ3n) is 5.06. The van der Waals surface area contributed by atoms with Crippen molar-refractivity contribution in [1.29, 1.82) is 5.26 Å². The van der Waals surface area contributed by atoms with E-state index in [0.29, 0.717) is 11.1 Å². The van der Waals surface area contributed by atoms with Crippen molar-refractivity contribution >= 4 is 22.6 Å². The molecule has 7 nitrogen and oxygen atoms in total. The molecule has 0 unspecified atom stereocenters. The number of ether oxygens (including phenoxy) is 1. The van der Waals surface area contributed by atoms with Crippen molar-refractivity contribution in [3.05, 3.63) is 57.6 Å². The van der Waals surface area contributed by atoms with Crippen LogP contribution in [0.2, 0.25) is 0 Å². The highest BCUT2D eigenvalue weighted by molar-refractivity contribution is 5.98. The lowest BCUT2D eigenvalue weighted by Gasteiger charge is -2.18. The molecular weight excluding hydrogens is 377 g/mol. The third-order valence-corrected chi connectivity index (χ3v) is 5.06. The van der Waals surface area contributed by atoms with Crippen molar-refractivity contribution < 1.29 is 19.0 Å². The van der Waals surface area contributed by atoms with Gasteiger partial charge in [-0.05, 0) is 36.6 Å². The molecule has 8 heteroatoms. The van der Waals surface area contributed by atoms with E-state index in [2.05, 4.69) is 0 Å². The number of aromatic nitrogens is 1. The molecule has 0 aliphatic heterocycles. The number of carboxylic acid groups (broad SMARTS) is 1. The van der Waals surface area contributed by atoms with E-state index in [1.165, 1.54) is 25.4 Å². The Labute approximate surface area is 164 Å². The number of carboxylic acids is 1. The van der Waals surface area contributed by atoms with Crippen LogP contribution in [0.3, 0.4) is 0 Å². The van der Waals surface area contributed by atoms with Crippen molar-refractivity contribution in [2.75, 3.05) is 12.8 Å². The molecule has 0 atom stereocenters. The van der Waals surface area contributed by atoms with Crippen molar-refractivity contribution in [2.45, 2.75) is 18.9 Å². The normalized spacial score (nSPS) is 13.3. The molecule has 0 bridgehead atoms. The second kappa shape index (κ2) is 6.63. The first-order chi connectivity index (χ1) is 13.9. The number of nitriles is 1. The predicted molar refractivity (Wildman–Crippen MR) is 105 cm³/mol. The minimum Gasteiger partial charge on any atom is -0.494 e. The Balaban J connectivity index is 2.14. The number of fused-ring (bicyclic) bond motifs is 1. The molecule has 1 aliphatic carbocycles. The number of hydrogen-bond acceptors (Lipinski definition) is 5. The second-order valence-corrected chi connectivity index (χ2v) is 6.89. The van der Waals surface area contributed by atoms with Gasteiger partial charge in [-0.25, -0.2) is 9.18 Å². The number of nitrogen functional groups attached to an aromatic ring is 1. The van der Waals surface area contributed by atoms with Crippen LogP contribution in [-0.4, -0.2) is 22.8 Å². The predicted octanol–water partition coefficient (Wildman–Crippen LogP) is 3.30. The number of nitrogens with two attached hydrogens (primary N) is 1. The Morgan fingerprint density at radius 2 is 2.10 bits per heavy atom. The molecule has 0 saturated heterocycles. The molecule has 4 rings (SSSR count). The minimum absolute atomic E-state index is 0.00417. The summed E-state index contributed by atoms with van der Waals surface area (Å²) < 4.78 is 22.3. The number of methoxy groups -OCH3 is 1. The van der Waals surface area contributed by atoms with Crippen molar-refractivity contribution in [1.82, 2.24) is 4.57 Å². The Kier molecular flexibility index (Phi) is 4.23. The van der Waals surface area contributed by atoms with Crippen LogP contribution >= 0.6 is 0 Å². The lowest BCUT2D eigenvalue weighted by molar-refractivity contribution is 0.0695. The topological polar surface area (TPSA) is 118 Å². The number of halogens is 1. The Morgan fingerprint density at radius 1 is 1.38 bits per heavy atom. The van der Waals surface area contributed by atoms with Gasteiger partial charge in [-0.15, -0.1) is 0 Å². The summed E-state index contributed by atoms with van der Waals surface area (Å²) in [5.74, 6) is -2.02. The Morgan fingerprint density at radius 3 is 2.69 bits per heavy atom. The molecule has 146 valence electrons. The lowest BCUT2D eigenvalue weighted by atomic mass is 9.98. The van der Waals surface area contributed by atoms with E-state index in [9.17, 15) is 20.0 Å². The van der Waals surface area contributed by atoms with E-state index in [1.807, 2.05) is 6.07 Å². The highest BCUT2D eigenvalue weighted by atomic mass is 19.1. The molecule has 1 aliphatic rings. The zero-order chi connectivity index (χ0) is 20.9. The minimum atomic E-state index is -1.37. The fourth-order valence-corrected chi connectivity index (χ4v) is 3.52. The smallest absolute Gasteiger partial charge is 0.341 e. The highest BCUT2D eigenvalue weighted by Crippen LogP contribution is 2.44. The second-order valence-electron chi connectivity index (χ2n) is 6.89. The summed E-state index contributed by atoms with van der Waals surface area (Å²) in [7, 11) is 1.35. The van der Waals surface area contributed by atoms with E-state index in [1.54, 1.807) is 10.6 Å². The summed E-state index contributed by atoms with van der Waals surface area (Å²) in [6, 6.07) is 7.51. The molecule has 0 spiro atoms. The Hall–Kier alpha value is -3.86. The number of hydrogen-bond donors (Lipinski definition) is 2. The van der Waals surface area contributed by atoms with Gasteiger partial charge in [0, 0.05) is 17.9 Å². The molecule has 0 radical (unpaired) electrons. The van der Waals surface area contributed by atoms with Gasteiger partial charge in [0.2, 0.25) is 5.43 Å². The van der Waals surface area contributed by atoms with E-state index in [4.69, 9.17) is 10.5 Å². The van der Waals surface area contributed by atoms with Gasteiger partial charge in [-0.2, -0.15) is 5.26 Å². The standard InChI is InChI=1S/C21H16FN3O4/c1-29-20-17(10-2-5-16(24)11(6-10)8-23)15(22)7-13-18(20)25(12-3-4-12)9-14(19(13)26)21(27)28/h2,5-7,9,12H,3-4,24H2,1H3,(H,27,28). The summed E-state index contributed by atoms with van der Waals surface area (Å²) in [6.07, 6.45) is 2.92. The van der Waals surface area contributed by atoms with Crippen molar-refractivity contribution in [3.63, 3.8) is 0 Å². The number of anilines is 1. The monoisotopic (exact) mass is 393 g/mol. The van der Waals surface area contributed by atoms with E-state index < -0.39 is 22.8 Å². The third kappa shape index (κ3) is 2.88. The fourth-order valence-electron chi connectivity index (χ4n) is 3.52. The molecule has 3 N–H and O–H groups in total. The van der Waals surface area contributed by atoms with E-state index >= 15 is 4.39 Å². The van der Waals surface area contributed by atoms with Crippen LogP contribution in [-0.2, 0) is 0 Å². The molecule has 29 heavy (non-hydrogen) atoms. The first kappa shape index (κ1) is 18.5. The maximum atomic E-state index is 15.2.